The second kappa shape index (κ2) is 3.52. The van der Waals surface area contributed by atoms with E-state index in [9.17, 15) is 5.11 Å². The van der Waals surface area contributed by atoms with Crippen LogP contribution in [0.4, 0.5) is 0 Å². The molecule has 0 fully saturated rings. The van der Waals surface area contributed by atoms with E-state index in [1.165, 1.54) is 12.1 Å². The standard InChI is InChI=1S/C13H16N2O/c14-8-10-4-1-3-9-7-11-12(15(9)10)5-2-6-13(11)16/h2,5-7,10,16H,1,3-4,8,14H2. The van der Waals surface area contributed by atoms with Crippen LogP contribution in [0.3, 0.4) is 0 Å². The molecule has 0 amide bonds. The third-order valence-electron chi connectivity index (χ3n) is 3.55. The van der Waals surface area contributed by atoms with Crippen molar-refractivity contribution in [1.29, 1.82) is 0 Å². The molecule has 2 heterocycles. The molecule has 16 heavy (non-hydrogen) atoms. The SMILES string of the molecule is NCC1CCCc2cc3c(O)cccc3n21. The fourth-order valence-electron chi connectivity index (χ4n) is 2.78. The number of phenols is 1. The smallest absolute Gasteiger partial charge is 0.124 e. The summed E-state index contributed by atoms with van der Waals surface area (Å²) in [5, 5.41) is 10.8. The summed E-state index contributed by atoms with van der Waals surface area (Å²) in [5.74, 6) is 0.371. The molecule has 2 aromatic rings. The predicted molar refractivity (Wildman–Crippen MR) is 64.6 cm³/mol. The Morgan fingerprint density at radius 2 is 2.31 bits per heavy atom. The third-order valence-corrected chi connectivity index (χ3v) is 3.55. The normalized spacial score (nSPS) is 19.9. The van der Waals surface area contributed by atoms with Gasteiger partial charge >= 0.3 is 0 Å². The van der Waals surface area contributed by atoms with Crippen LogP contribution in [0.25, 0.3) is 10.9 Å². The van der Waals surface area contributed by atoms with E-state index in [-0.39, 0.29) is 0 Å². The maximum absolute atomic E-state index is 9.83. The summed E-state index contributed by atoms with van der Waals surface area (Å²) in [6.45, 7) is 0.673. The first kappa shape index (κ1) is 9.73. The molecule has 3 heteroatoms. The molecule has 0 saturated heterocycles. The number of hydrogen-bond acceptors (Lipinski definition) is 2. The quantitative estimate of drug-likeness (QED) is 0.767. The number of rotatable bonds is 1. The van der Waals surface area contributed by atoms with Crippen LogP contribution in [0.2, 0.25) is 0 Å². The Balaban J connectivity index is 2.30. The summed E-state index contributed by atoms with van der Waals surface area (Å²) in [6, 6.07) is 8.20. The van der Waals surface area contributed by atoms with Crippen LogP contribution in [0.15, 0.2) is 24.3 Å². The molecule has 84 valence electrons. The summed E-state index contributed by atoms with van der Waals surface area (Å²) in [5.41, 5.74) is 8.24. The Hall–Kier alpha value is -1.48. The van der Waals surface area contributed by atoms with Crippen molar-refractivity contribution in [2.45, 2.75) is 25.3 Å². The van der Waals surface area contributed by atoms with Crippen molar-refractivity contribution in [2.75, 3.05) is 6.54 Å². The molecular formula is C13H16N2O. The number of aromatic hydroxyl groups is 1. The molecule has 1 aromatic carbocycles. The van der Waals surface area contributed by atoms with E-state index >= 15 is 0 Å². The Kier molecular flexibility index (Phi) is 2.14. The zero-order valence-electron chi connectivity index (χ0n) is 9.19. The number of phenolic OH excluding ortho intramolecular Hbond substituents is 1. The van der Waals surface area contributed by atoms with Crippen molar-refractivity contribution in [3.8, 4) is 5.75 Å². The van der Waals surface area contributed by atoms with Gasteiger partial charge in [-0.05, 0) is 37.5 Å². The maximum atomic E-state index is 9.83. The van der Waals surface area contributed by atoms with Gasteiger partial charge in [0.25, 0.3) is 0 Å². The van der Waals surface area contributed by atoms with Gasteiger partial charge in [-0.15, -0.1) is 0 Å². The highest BCUT2D eigenvalue weighted by atomic mass is 16.3. The fraction of sp³-hybridized carbons (Fsp3) is 0.385. The van der Waals surface area contributed by atoms with Crippen LogP contribution in [-0.4, -0.2) is 16.2 Å². The minimum Gasteiger partial charge on any atom is -0.507 e. The van der Waals surface area contributed by atoms with E-state index < -0.39 is 0 Å². The molecule has 1 atom stereocenters. The Morgan fingerprint density at radius 1 is 1.44 bits per heavy atom. The van der Waals surface area contributed by atoms with E-state index in [0.717, 1.165) is 23.7 Å². The second-order valence-corrected chi connectivity index (χ2v) is 4.50. The first-order valence-electron chi connectivity index (χ1n) is 5.83. The van der Waals surface area contributed by atoms with E-state index in [1.54, 1.807) is 6.07 Å². The second-order valence-electron chi connectivity index (χ2n) is 4.50. The van der Waals surface area contributed by atoms with E-state index in [4.69, 9.17) is 5.73 Å². The maximum Gasteiger partial charge on any atom is 0.124 e. The highest BCUT2D eigenvalue weighted by Crippen LogP contribution is 2.34. The van der Waals surface area contributed by atoms with Crippen molar-refractivity contribution < 1.29 is 5.11 Å². The van der Waals surface area contributed by atoms with Crippen molar-refractivity contribution in [3.63, 3.8) is 0 Å². The topological polar surface area (TPSA) is 51.2 Å². The van der Waals surface area contributed by atoms with E-state index in [2.05, 4.69) is 16.7 Å². The highest BCUT2D eigenvalue weighted by Gasteiger charge is 2.21. The lowest BCUT2D eigenvalue weighted by atomic mass is 10.0. The average Bonchev–Trinajstić information content (AvgIpc) is 2.69. The van der Waals surface area contributed by atoms with Gasteiger partial charge in [0.1, 0.15) is 5.75 Å². The number of hydrogen-bond donors (Lipinski definition) is 2. The minimum absolute atomic E-state index is 0.371. The largest absolute Gasteiger partial charge is 0.507 e. The highest BCUT2D eigenvalue weighted by molar-refractivity contribution is 5.87. The number of benzene rings is 1. The summed E-state index contributed by atoms with van der Waals surface area (Å²) in [7, 11) is 0. The van der Waals surface area contributed by atoms with Gasteiger partial charge in [0.15, 0.2) is 0 Å². The number of nitrogens with zero attached hydrogens (tertiary/aromatic N) is 1. The van der Waals surface area contributed by atoms with Gasteiger partial charge in [0.2, 0.25) is 0 Å². The first-order chi connectivity index (χ1) is 7.81. The Morgan fingerprint density at radius 3 is 3.12 bits per heavy atom. The summed E-state index contributed by atoms with van der Waals surface area (Å²) >= 11 is 0. The molecule has 1 unspecified atom stereocenters. The van der Waals surface area contributed by atoms with E-state index in [1.807, 2.05) is 6.07 Å². The van der Waals surface area contributed by atoms with Gasteiger partial charge in [-0.3, -0.25) is 0 Å². The molecule has 1 aliphatic rings. The molecule has 3 N–H and O–H groups in total. The lowest BCUT2D eigenvalue weighted by molar-refractivity contribution is 0.420. The van der Waals surface area contributed by atoms with Crippen LogP contribution in [-0.2, 0) is 6.42 Å². The molecule has 1 aliphatic heterocycles. The number of fused-ring (bicyclic) bond motifs is 3. The van der Waals surface area contributed by atoms with Gasteiger partial charge in [-0.25, -0.2) is 0 Å². The van der Waals surface area contributed by atoms with Crippen molar-refractivity contribution in [3.05, 3.63) is 30.0 Å². The van der Waals surface area contributed by atoms with Crippen molar-refractivity contribution in [2.24, 2.45) is 5.73 Å². The summed E-state index contributed by atoms with van der Waals surface area (Å²) < 4.78 is 2.30. The Bertz CT molecular complexity index is 530. The van der Waals surface area contributed by atoms with Crippen LogP contribution < -0.4 is 5.73 Å². The third kappa shape index (κ3) is 1.25. The van der Waals surface area contributed by atoms with Gasteiger partial charge in [0.05, 0.1) is 5.52 Å². The minimum atomic E-state index is 0.371. The Labute approximate surface area is 94.5 Å². The molecule has 0 spiro atoms. The molecular weight excluding hydrogens is 200 g/mol. The average molecular weight is 216 g/mol. The first-order valence-corrected chi connectivity index (χ1v) is 5.83. The molecule has 0 radical (unpaired) electrons. The van der Waals surface area contributed by atoms with Crippen LogP contribution in [0, 0.1) is 0 Å². The van der Waals surface area contributed by atoms with Gasteiger partial charge < -0.3 is 15.4 Å². The lowest BCUT2D eigenvalue weighted by Crippen LogP contribution is -2.24. The molecule has 0 saturated carbocycles. The fourth-order valence-corrected chi connectivity index (χ4v) is 2.78. The summed E-state index contributed by atoms with van der Waals surface area (Å²) in [4.78, 5) is 0. The number of aryl methyl sites for hydroxylation is 1. The zero-order chi connectivity index (χ0) is 11.1. The lowest BCUT2D eigenvalue weighted by Gasteiger charge is -2.25. The predicted octanol–water partition coefficient (Wildman–Crippen LogP) is 2.18. The summed E-state index contributed by atoms with van der Waals surface area (Å²) in [6.07, 6.45) is 3.42. The number of aromatic nitrogens is 1. The zero-order valence-corrected chi connectivity index (χ0v) is 9.19. The van der Waals surface area contributed by atoms with Gasteiger partial charge in [-0.2, -0.15) is 0 Å². The molecule has 0 aliphatic carbocycles. The number of nitrogens with two attached hydrogens (primary N) is 1. The molecule has 0 bridgehead atoms. The van der Waals surface area contributed by atoms with Gasteiger partial charge in [0, 0.05) is 23.7 Å². The van der Waals surface area contributed by atoms with Crippen LogP contribution in [0.1, 0.15) is 24.6 Å². The molecule has 3 nitrogen and oxygen atoms in total. The molecule has 1 aromatic heterocycles. The van der Waals surface area contributed by atoms with Gasteiger partial charge in [-0.1, -0.05) is 6.07 Å². The monoisotopic (exact) mass is 216 g/mol. The van der Waals surface area contributed by atoms with Crippen molar-refractivity contribution in [1.82, 2.24) is 4.57 Å². The molecule has 3 rings (SSSR count). The van der Waals surface area contributed by atoms with Crippen molar-refractivity contribution >= 4 is 10.9 Å². The van der Waals surface area contributed by atoms with Crippen LogP contribution in [0.5, 0.6) is 5.75 Å². The van der Waals surface area contributed by atoms with E-state index in [0.29, 0.717) is 18.3 Å². The van der Waals surface area contributed by atoms with Crippen LogP contribution >= 0.6 is 0 Å².